The second-order valence-electron chi connectivity index (χ2n) is 9.34. The average Bonchev–Trinajstić information content (AvgIpc) is 3.48. The van der Waals surface area contributed by atoms with Gasteiger partial charge in [-0.15, -0.1) is 10.2 Å². The summed E-state index contributed by atoms with van der Waals surface area (Å²) in [6.45, 7) is 7.21. The summed E-state index contributed by atoms with van der Waals surface area (Å²) in [5.41, 5.74) is 2.54. The van der Waals surface area contributed by atoms with Gasteiger partial charge in [0, 0.05) is 37.8 Å². The van der Waals surface area contributed by atoms with Crippen LogP contribution in [0.3, 0.4) is 0 Å². The highest BCUT2D eigenvalue weighted by Gasteiger charge is 2.41. The van der Waals surface area contributed by atoms with Crippen LogP contribution in [-0.4, -0.2) is 54.0 Å². The molecule has 1 saturated carbocycles. The Hall–Kier alpha value is -2.56. The Kier molecular flexibility index (Phi) is 5.59. The summed E-state index contributed by atoms with van der Waals surface area (Å²) in [6.07, 6.45) is 3.38. The van der Waals surface area contributed by atoms with E-state index in [0.29, 0.717) is 46.4 Å². The Morgan fingerprint density at radius 3 is 2.74 bits per heavy atom. The number of halogens is 1. The summed E-state index contributed by atoms with van der Waals surface area (Å²) in [5.74, 6) is 2.31. The highest BCUT2D eigenvalue weighted by Crippen LogP contribution is 2.40. The van der Waals surface area contributed by atoms with Crippen LogP contribution < -0.4 is 5.32 Å². The lowest BCUT2D eigenvalue weighted by molar-refractivity contribution is 0.171. The predicted molar refractivity (Wildman–Crippen MR) is 116 cm³/mol. The van der Waals surface area contributed by atoms with Gasteiger partial charge < -0.3 is 15.0 Å². The molecule has 31 heavy (non-hydrogen) atoms. The van der Waals surface area contributed by atoms with E-state index in [1.165, 1.54) is 18.6 Å². The molecule has 2 aromatic rings. The molecule has 0 spiro atoms. The lowest BCUT2D eigenvalue weighted by Gasteiger charge is -2.22. The van der Waals surface area contributed by atoms with E-state index in [-0.39, 0.29) is 5.82 Å². The number of ether oxygens (including phenoxy) is 1. The third-order valence-electron chi connectivity index (χ3n) is 7.10. The molecule has 1 N–H and O–H groups in total. The zero-order valence-corrected chi connectivity index (χ0v) is 17.9. The molecule has 6 nitrogen and oxygen atoms in total. The van der Waals surface area contributed by atoms with Crippen molar-refractivity contribution in [2.24, 2.45) is 17.8 Å². The van der Waals surface area contributed by atoms with Crippen LogP contribution in [0.1, 0.15) is 30.4 Å². The van der Waals surface area contributed by atoms with Gasteiger partial charge in [0.05, 0.1) is 17.9 Å². The Bertz CT molecular complexity index is 986. The zero-order chi connectivity index (χ0) is 21.4. The molecule has 1 aliphatic carbocycles. The van der Waals surface area contributed by atoms with Crippen molar-refractivity contribution >= 4 is 5.82 Å². The van der Waals surface area contributed by atoms with Crippen LogP contribution in [0.15, 0.2) is 24.3 Å². The minimum absolute atomic E-state index is 0.315. The van der Waals surface area contributed by atoms with Gasteiger partial charge in [-0.2, -0.15) is 5.26 Å². The maximum atomic E-state index is 13.7. The Morgan fingerprint density at radius 2 is 2.03 bits per heavy atom. The number of rotatable bonds is 5. The Morgan fingerprint density at radius 1 is 1.23 bits per heavy atom. The van der Waals surface area contributed by atoms with Crippen molar-refractivity contribution < 1.29 is 9.13 Å². The smallest absolute Gasteiger partial charge is 0.166 e. The number of likely N-dealkylation sites (tertiary alicyclic amines) is 1. The number of nitrogens with one attached hydrogen (secondary N) is 1. The first-order valence-electron chi connectivity index (χ1n) is 11.2. The van der Waals surface area contributed by atoms with Gasteiger partial charge in [-0.05, 0) is 67.7 Å². The third-order valence-corrected chi connectivity index (χ3v) is 7.10. The molecular weight excluding hydrogens is 393 g/mol. The van der Waals surface area contributed by atoms with Crippen molar-refractivity contribution in [3.63, 3.8) is 0 Å². The van der Waals surface area contributed by atoms with Crippen LogP contribution in [0.4, 0.5) is 10.2 Å². The van der Waals surface area contributed by atoms with Gasteiger partial charge in [-0.3, -0.25) is 0 Å². The van der Waals surface area contributed by atoms with Gasteiger partial charge in [-0.1, -0.05) is 6.07 Å². The molecule has 0 amide bonds. The molecule has 1 aromatic heterocycles. The summed E-state index contributed by atoms with van der Waals surface area (Å²) < 4.78 is 19.2. The first-order valence-corrected chi connectivity index (χ1v) is 11.2. The summed E-state index contributed by atoms with van der Waals surface area (Å²) >= 11 is 0. The van der Waals surface area contributed by atoms with E-state index >= 15 is 0 Å². The summed E-state index contributed by atoms with van der Waals surface area (Å²) in [4.78, 5) is 2.61. The summed E-state index contributed by atoms with van der Waals surface area (Å²) in [6, 6.07) is 8.83. The van der Waals surface area contributed by atoms with E-state index in [1.807, 2.05) is 6.92 Å². The summed E-state index contributed by atoms with van der Waals surface area (Å²) in [7, 11) is 0. The molecule has 3 fully saturated rings. The van der Waals surface area contributed by atoms with Gasteiger partial charge in [0.15, 0.2) is 5.82 Å². The van der Waals surface area contributed by atoms with Crippen molar-refractivity contribution in [2.45, 2.75) is 32.2 Å². The van der Waals surface area contributed by atoms with E-state index in [9.17, 15) is 9.65 Å². The lowest BCUT2D eigenvalue weighted by Crippen LogP contribution is -2.30. The first kappa shape index (κ1) is 20.3. The molecule has 162 valence electrons. The van der Waals surface area contributed by atoms with Crippen LogP contribution in [0.25, 0.3) is 11.3 Å². The molecule has 7 heteroatoms. The molecule has 1 unspecified atom stereocenters. The SMILES string of the molecule is Cc1ccc(F)cc1-c1cc(C#N)c(NC2C[C@@H]3CN(C[C@@H]4CCOC4)C[C@@H]3C2)nn1. The second-order valence-corrected chi connectivity index (χ2v) is 9.34. The van der Waals surface area contributed by atoms with Crippen LogP contribution >= 0.6 is 0 Å². The topological polar surface area (TPSA) is 74.1 Å². The molecule has 0 bridgehead atoms. The maximum Gasteiger partial charge on any atom is 0.166 e. The van der Waals surface area contributed by atoms with Crippen molar-refractivity contribution in [3.05, 3.63) is 41.2 Å². The van der Waals surface area contributed by atoms with Crippen molar-refractivity contribution in [1.29, 1.82) is 5.26 Å². The second kappa shape index (κ2) is 8.52. The highest BCUT2D eigenvalue weighted by atomic mass is 19.1. The molecule has 5 rings (SSSR count). The van der Waals surface area contributed by atoms with Crippen LogP contribution in [-0.2, 0) is 4.74 Å². The average molecular weight is 422 g/mol. The fourth-order valence-electron chi connectivity index (χ4n) is 5.54. The van der Waals surface area contributed by atoms with Crippen molar-refractivity contribution in [1.82, 2.24) is 15.1 Å². The predicted octanol–water partition coefficient (Wildman–Crippen LogP) is 3.62. The number of aromatic nitrogens is 2. The standard InChI is InChI=1S/C24H28FN5O/c1-15-2-3-20(25)9-22(15)23-8-17(10-26)24(29-28-23)27-21-6-18-12-30(13-19(18)7-21)11-16-4-5-31-14-16/h2-3,8-9,16,18-19,21H,4-7,11-14H2,1H3,(H,27,29)/t16-,18-,19+,21?/m0/s1. The number of nitriles is 1. The van der Waals surface area contributed by atoms with Gasteiger partial charge in [0.25, 0.3) is 0 Å². The fourth-order valence-corrected chi connectivity index (χ4v) is 5.54. The molecule has 2 aliphatic heterocycles. The third kappa shape index (κ3) is 4.28. The number of hydrogen-bond acceptors (Lipinski definition) is 6. The largest absolute Gasteiger partial charge is 0.381 e. The normalized spacial score (nSPS) is 27.9. The molecule has 1 aromatic carbocycles. The van der Waals surface area contributed by atoms with E-state index in [4.69, 9.17) is 4.74 Å². The molecule has 0 radical (unpaired) electrons. The van der Waals surface area contributed by atoms with E-state index in [2.05, 4.69) is 26.5 Å². The van der Waals surface area contributed by atoms with E-state index in [0.717, 1.165) is 51.3 Å². The van der Waals surface area contributed by atoms with Crippen molar-refractivity contribution in [2.75, 3.05) is 38.2 Å². The Labute approximate surface area is 182 Å². The van der Waals surface area contributed by atoms with Crippen LogP contribution in [0.2, 0.25) is 0 Å². The van der Waals surface area contributed by atoms with Gasteiger partial charge in [0.1, 0.15) is 11.9 Å². The Balaban J connectivity index is 1.23. The number of fused-ring (bicyclic) bond motifs is 1. The number of benzene rings is 1. The van der Waals surface area contributed by atoms with Gasteiger partial charge in [0.2, 0.25) is 0 Å². The monoisotopic (exact) mass is 421 g/mol. The maximum absolute atomic E-state index is 13.7. The fraction of sp³-hybridized carbons (Fsp3) is 0.542. The minimum Gasteiger partial charge on any atom is -0.381 e. The highest BCUT2D eigenvalue weighted by molar-refractivity contribution is 5.67. The van der Waals surface area contributed by atoms with Crippen LogP contribution in [0, 0.1) is 41.8 Å². The number of nitrogens with zero attached hydrogens (tertiary/aromatic N) is 4. The molecule has 3 aliphatic rings. The molecular formula is C24H28FN5O. The quantitative estimate of drug-likeness (QED) is 0.795. The number of anilines is 1. The number of hydrogen-bond donors (Lipinski definition) is 1. The summed E-state index contributed by atoms with van der Waals surface area (Å²) in [5, 5.41) is 21.7. The zero-order valence-electron chi connectivity index (χ0n) is 17.9. The number of aryl methyl sites for hydroxylation is 1. The molecule has 2 saturated heterocycles. The van der Waals surface area contributed by atoms with Crippen LogP contribution in [0.5, 0.6) is 0 Å². The van der Waals surface area contributed by atoms with E-state index < -0.39 is 0 Å². The van der Waals surface area contributed by atoms with E-state index in [1.54, 1.807) is 12.1 Å². The lowest BCUT2D eigenvalue weighted by atomic mass is 10.0. The first-order chi connectivity index (χ1) is 15.1. The molecule has 4 atom stereocenters. The van der Waals surface area contributed by atoms with Crippen molar-refractivity contribution in [3.8, 4) is 17.3 Å². The van der Waals surface area contributed by atoms with Gasteiger partial charge >= 0.3 is 0 Å². The van der Waals surface area contributed by atoms with Gasteiger partial charge in [-0.25, -0.2) is 4.39 Å². The molecule has 3 heterocycles. The minimum atomic E-state index is -0.324.